The van der Waals surface area contributed by atoms with E-state index in [9.17, 15) is 14.4 Å². The Hall–Kier alpha value is -1.59. The minimum atomic E-state index is -0.765. The van der Waals surface area contributed by atoms with Crippen molar-refractivity contribution >= 4 is 17.9 Å². The molecule has 0 aliphatic carbocycles. The van der Waals surface area contributed by atoms with E-state index in [0.29, 0.717) is 19.3 Å². The summed E-state index contributed by atoms with van der Waals surface area (Å²) in [6.07, 6.45) is 68.2. The first kappa shape index (κ1) is 74.4. The van der Waals surface area contributed by atoms with Crippen LogP contribution >= 0.6 is 0 Å². The monoisotopic (exact) mass is 1070 g/mol. The fourth-order valence-corrected chi connectivity index (χ4v) is 10.9. The molecular formula is C70H136O6. The molecule has 0 saturated carbocycles. The Morgan fingerprint density at radius 1 is 0.263 bits per heavy atom. The van der Waals surface area contributed by atoms with Crippen LogP contribution in [0.15, 0.2) is 0 Å². The Morgan fingerprint density at radius 3 is 0.684 bits per heavy atom. The van der Waals surface area contributed by atoms with Crippen molar-refractivity contribution in [1.29, 1.82) is 0 Å². The normalized spacial score (nSPS) is 12.5. The van der Waals surface area contributed by atoms with Gasteiger partial charge in [-0.3, -0.25) is 14.4 Å². The van der Waals surface area contributed by atoms with Gasteiger partial charge in [-0.1, -0.05) is 356 Å². The number of hydrogen-bond donors (Lipinski definition) is 0. The third-order valence-corrected chi connectivity index (χ3v) is 16.5. The molecule has 0 saturated heterocycles. The van der Waals surface area contributed by atoms with Gasteiger partial charge in [0.2, 0.25) is 0 Å². The second-order valence-corrected chi connectivity index (χ2v) is 25.4. The molecule has 0 heterocycles. The van der Waals surface area contributed by atoms with Crippen LogP contribution < -0.4 is 0 Å². The fraction of sp³-hybridized carbons (Fsp3) is 0.957. The van der Waals surface area contributed by atoms with Crippen LogP contribution in [0.4, 0.5) is 0 Å². The Bertz CT molecular complexity index is 1180. The third kappa shape index (κ3) is 61.6. The zero-order valence-electron chi connectivity index (χ0n) is 52.6. The highest BCUT2D eigenvalue weighted by atomic mass is 16.6. The number of hydrogen-bond acceptors (Lipinski definition) is 6. The molecule has 0 N–H and O–H groups in total. The SMILES string of the molecule is CCC(C)CCCCCCCCCCCCCCCCC(=O)OC[C@H](COC(=O)CCCCCCCCCCCCCCCCCCC(C)C)OC(=O)CCCCCCCCCCCCCCCCCCCCC(C)C. The summed E-state index contributed by atoms with van der Waals surface area (Å²) in [7, 11) is 0. The Labute approximate surface area is 476 Å². The van der Waals surface area contributed by atoms with Gasteiger partial charge in [0.1, 0.15) is 13.2 Å². The summed E-state index contributed by atoms with van der Waals surface area (Å²) in [5, 5.41) is 0. The molecule has 0 rings (SSSR count). The van der Waals surface area contributed by atoms with Gasteiger partial charge in [0.05, 0.1) is 0 Å². The van der Waals surface area contributed by atoms with Gasteiger partial charge in [0, 0.05) is 19.3 Å². The lowest BCUT2D eigenvalue weighted by Crippen LogP contribution is -2.30. The molecule has 6 nitrogen and oxygen atoms in total. The van der Waals surface area contributed by atoms with Crippen molar-refractivity contribution in [2.75, 3.05) is 13.2 Å². The summed E-state index contributed by atoms with van der Waals surface area (Å²) >= 11 is 0. The van der Waals surface area contributed by atoms with E-state index in [1.807, 2.05) is 0 Å². The molecule has 452 valence electrons. The molecule has 0 aromatic heterocycles. The van der Waals surface area contributed by atoms with Crippen LogP contribution in [0.25, 0.3) is 0 Å². The summed E-state index contributed by atoms with van der Waals surface area (Å²) < 4.78 is 17.0. The molecule has 0 amide bonds. The van der Waals surface area contributed by atoms with Crippen LogP contribution in [-0.4, -0.2) is 37.2 Å². The molecule has 6 heteroatoms. The molecule has 0 spiro atoms. The van der Waals surface area contributed by atoms with Gasteiger partial charge in [-0.05, 0) is 37.0 Å². The highest BCUT2D eigenvalue weighted by molar-refractivity contribution is 5.71. The summed E-state index contributed by atoms with van der Waals surface area (Å²) in [6, 6.07) is 0. The van der Waals surface area contributed by atoms with Crippen LogP contribution in [0, 0.1) is 17.8 Å². The van der Waals surface area contributed by atoms with Crippen molar-refractivity contribution in [3.8, 4) is 0 Å². The molecule has 0 radical (unpaired) electrons. The first-order valence-electron chi connectivity index (χ1n) is 34.6. The van der Waals surface area contributed by atoms with E-state index in [2.05, 4.69) is 41.5 Å². The van der Waals surface area contributed by atoms with E-state index in [1.165, 1.54) is 276 Å². The Balaban J connectivity index is 4.29. The van der Waals surface area contributed by atoms with Crippen LogP contribution in [-0.2, 0) is 28.6 Å². The smallest absolute Gasteiger partial charge is 0.306 e. The van der Waals surface area contributed by atoms with Crippen molar-refractivity contribution in [2.24, 2.45) is 17.8 Å². The molecule has 2 atom stereocenters. The van der Waals surface area contributed by atoms with Crippen LogP contribution in [0.5, 0.6) is 0 Å². The molecular weight excluding hydrogens is 937 g/mol. The van der Waals surface area contributed by atoms with Crippen LogP contribution in [0.2, 0.25) is 0 Å². The lowest BCUT2D eigenvalue weighted by Gasteiger charge is -2.18. The number of esters is 3. The van der Waals surface area contributed by atoms with Crippen LogP contribution in [0.1, 0.15) is 395 Å². The molecule has 0 fully saturated rings. The predicted molar refractivity (Wildman–Crippen MR) is 330 cm³/mol. The largest absolute Gasteiger partial charge is 0.462 e. The van der Waals surface area contributed by atoms with Crippen LogP contribution in [0.3, 0.4) is 0 Å². The van der Waals surface area contributed by atoms with Gasteiger partial charge < -0.3 is 14.2 Å². The first-order chi connectivity index (χ1) is 37.1. The van der Waals surface area contributed by atoms with E-state index in [-0.39, 0.29) is 31.1 Å². The van der Waals surface area contributed by atoms with E-state index in [0.717, 1.165) is 75.5 Å². The zero-order chi connectivity index (χ0) is 55.5. The standard InChI is InChI=1S/C70H136O6/c1-7-66(6)58-52-46-40-34-28-22-18-19-24-30-36-42-48-54-60-69(72)75-63-67(62-74-68(71)59-53-47-41-35-29-23-16-13-12-15-21-27-33-39-45-51-57-65(4)5)76-70(73)61-55-49-43-37-31-25-17-11-9-8-10-14-20-26-32-38-44-50-56-64(2)3/h64-67H,7-63H2,1-6H3/t66?,67-/m0/s1. The highest BCUT2D eigenvalue weighted by Crippen LogP contribution is 2.20. The number of carbonyl (C=O) groups excluding carboxylic acids is 3. The average Bonchev–Trinajstić information content (AvgIpc) is 3.40. The third-order valence-electron chi connectivity index (χ3n) is 16.5. The lowest BCUT2D eigenvalue weighted by molar-refractivity contribution is -0.167. The molecule has 76 heavy (non-hydrogen) atoms. The summed E-state index contributed by atoms with van der Waals surface area (Å²) in [4.78, 5) is 38.4. The number of carbonyl (C=O) groups is 3. The summed E-state index contributed by atoms with van der Waals surface area (Å²) in [5.41, 5.74) is 0. The molecule has 0 aromatic carbocycles. The average molecular weight is 1070 g/mol. The van der Waals surface area contributed by atoms with E-state index < -0.39 is 6.10 Å². The quantitative estimate of drug-likeness (QED) is 0.0343. The Morgan fingerprint density at radius 2 is 0.461 bits per heavy atom. The number of ether oxygens (including phenoxy) is 3. The van der Waals surface area contributed by atoms with E-state index >= 15 is 0 Å². The minimum absolute atomic E-state index is 0.0619. The van der Waals surface area contributed by atoms with Crippen molar-refractivity contribution in [3.63, 3.8) is 0 Å². The van der Waals surface area contributed by atoms with Gasteiger partial charge in [0.15, 0.2) is 6.10 Å². The first-order valence-corrected chi connectivity index (χ1v) is 34.6. The predicted octanol–water partition coefficient (Wildman–Crippen LogP) is 23.4. The lowest BCUT2D eigenvalue weighted by atomic mass is 9.99. The number of rotatable bonds is 63. The Kier molecular flexibility index (Phi) is 59.8. The van der Waals surface area contributed by atoms with Gasteiger partial charge in [0.25, 0.3) is 0 Å². The summed E-state index contributed by atoms with van der Waals surface area (Å²) in [6.45, 7) is 13.9. The molecule has 0 aromatic rings. The number of unbranched alkanes of at least 4 members (excludes halogenated alkanes) is 45. The van der Waals surface area contributed by atoms with Crippen molar-refractivity contribution in [3.05, 3.63) is 0 Å². The topological polar surface area (TPSA) is 78.9 Å². The van der Waals surface area contributed by atoms with Gasteiger partial charge in [-0.2, -0.15) is 0 Å². The second kappa shape index (κ2) is 61.0. The highest BCUT2D eigenvalue weighted by Gasteiger charge is 2.20. The maximum absolute atomic E-state index is 13.0. The van der Waals surface area contributed by atoms with E-state index in [1.54, 1.807) is 0 Å². The van der Waals surface area contributed by atoms with E-state index in [4.69, 9.17) is 14.2 Å². The molecule has 0 aliphatic heterocycles. The van der Waals surface area contributed by atoms with Gasteiger partial charge in [-0.25, -0.2) is 0 Å². The fourth-order valence-electron chi connectivity index (χ4n) is 10.9. The van der Waals surface area contributed by atoms with Crippen molar-refractivity contribution in [2.45, 2.75) is 401 Å². The van der Waals surface area contributed by atoms with Crippen molar-refractivity contribution in [1.82, 2.24) is 0 Å². The maximum atomic E-state index is 13.0. The summed E-state index contributed by atoms with van der Waals surface area (Å²) in [5.74, 6) is 1.78. The second-order valence-electron chi connectivity index (χ2n) is 25.4. The molecule has 0 bridgehead atoms. The van der Waals surface area contributed by atoms with Gasteiger partial charge in [-0.15, -0.1) is 0 Å². The van der Waals surface area contributed by atoms with Gasteiger partial charge >= 0.3 is 17.9 Å². The minimum Gasteiger partial charge on any atom is -0.462 e. The maximum Gasteiger partial charge on any atom is 0.306 e. The molecule has 0 aliphatic rings. The molecule has 1 unspecified atom stereocenters. The van der Waals surface area contributed by atoms with Crippen molar-refractivity contribution < 1.29 is 28.6 Å². The zero-order valence-corrected chi connectivity index (χ0v) is 52.6.